The summed E-state index contributed by atoms with van der Waals surface area (Å²) in [6, 6.07) is 0. The first kappa shape index (κ1) is 13.6. The molecule has 0 aromatic heterocycles. The van der Waals surface area contributed by atoms with Crippen molar-refractivity contribution in [2.45, 2.75) is 64.9 Å². The van der Waals surface area contributed by atoms with E-state index < -0.39 is 0 Å². The van der Waals surface area contributed by atoms with Gasteiger partial charge in [-0.3, -0.25) is 0 Å². The number of hydrogen-bond acceptors (Lipinski definition) is 2. The third-order valence-corrected chi connectivity index (χ3v) is 5.18. The zero-order valence-corrected chi connectivity index (χ0v) is 12.0. The highest BCUT2D eigenvalue weighted by Crippen LogP contribution is 2.51. The minimum Gasteiger partial charge on any atom is -0.455 e. The molecule has 18 heavy (non-hydrogen) atoms. The van der Waals surface area contributed by atoms with Crippen molar-refractivity contribution < 1.29 is 9.53 Å². The van der Waals surface area contributed by atoms with E-state index in [-0.39, 0.29) is 11.6 Å². The van der Waals surface area contributed by atoms with E-state index in [2.05, 4.69) is 20.4 Å². The summed E-state index contributed by atoms with van der Waals surface area (Å²) in [7, 11) is 0. The van der Waals surface area contributed by atoms with E-state index in [4.69, 9.17) is 4.74 Å². The number of esters is 1. The summed E-state index contributed by atoms with van der Waals surface area (Å²) in [6.45, 7) is 9.82. The molecule has 2 nitrogen and oxygen atoms in total. The molecular formula is C16H26O2. The molecule has 2 heteroatoms. The van der Waals surface area contributed by atoms with Gasteiger partial charge in [0, 0.05) is 5.57 Å². The van der Waals surface area contributed by atoms with Crippen LogP contribution in [0.1, 0.15) is 59.3 Å². The van der Waals surface area contributed by atoms with Crippen molar-refractivity contribution in [2.24, 2.45) is 17.8 Å². The van der Waals surface area contributed by atoms with Crippen molar-refractivity contribution in [1.29, 1.82) is 0 Å². The molecule has 4 atom stereocenters. The monoisotopic (exact) mass is 250 g/mol. The molecule has 2 bridgehead atoms. The first-order valence-corrected chi connectivity index (χ1v) is 7.36. The van der Waals surface area contributed by atoms with Gasteiger partial charge in [0.15, 0.2) is 0 Å². The first-order chi connectivity index (χ1) is 8.47. The van der Waals surface area contributed by atoms with E-state index in [0.29, 0.717) is 17.4 Å². The van der Waals surface area contributed by atoms with E-state index in [9.17, 15) is 4.79 Å². The second-order valence-electron chi connectivity index (χ2n) is 6.42. The Morgan fingerprint density at radius 1 is 1.39 bits per heavy atom. The fourth-order valence-electron chi connectivity index (χ4n) is 4.02. The largest absolute Gasteiger partial charge is 0.455 e. The Morgan fingerprint density at radius 2 is 2.11 bits per heavy atom. The number of carbonyl (C=O) groups excluding carboxylic acids is 1. The highest BCUT2D eigenvalue weighted by molar-refractivity contribution is 5.87. The van der Waals surface area contributed by atoms with Gasteiger partial charge >= 0.3 is 5.97 Å². The van der Waals surface area contributed by atoms with Gasteiger partial charge in [0.05, 0.1) is 0 Å². The standard InChI is InChI=1S/C16H26O2/c1-5-13-9-12-7-6-8-14(10-12)16(13,4)18-15(17)11(2)3/h12-14H,2,5-10H2,1,3-4H3. The number of hydrogen-bond donors (Lipinski definition) is 0. The van der Waals surface area contributed by atoms with Gasteiger partial charge in [-0.15, -0.1) is 0 Å². The highest BCUT2D eigenvalue weighted by Gasteiger charge is 2.50. The molecule has 4 unspecified atom stereocenters. The van der Waals surface area contributed by atoms with Crippen LogP contribution < -0.4 is 0 Å². The molecular weight excluding hydrogens is 224 g/mol. The molecule has 2 aliphatic rings. The van der Waals surface area contributed by atoms with Gasteiger partial charge in [0.25, 0.3) is 0 Å². The Bertz CT molecular complexity index is 343. The molecule has 0 aliphatic heterocycles. The lowest BCUT2D eigenvalue weighted by atomic mass is 9.59. The zero-order chi connectivity index (χ0) is 13.3. The Balaban J connectivity index is 2.19. The van der Waals surface area contributed by atoms with E-state index in [1.54, 1.807) is 6.92 Å². The van der Waals surface area contributed by atoms with Crippen LogP contribution >= 0.6 is 0 Å². The predicted octanol–water partition coefficient (Wildman–Crippen LogP) is 4.10. The van der Waals surface area contributed by atoms with Crippen molar-refractivity contribution in [3.8, 4) is 0 Å². The minimum atomic E-state index is -0.262. The maximum Gasteiger partial charge on any atom is 0.333 e. The summed E-state index contributed by atoms with van der Waals surface area (Å²) < 4.78 is 5.89. The molecule has 0 N–H and O–H groups in total. The van der Waals surface area contributed by atoms with Gasteiger partial charge in [-0.2, -0.15) is 0 Å². The number of fused-ring (bicyclic) bond motifs is 2. The lowest BCUT2D eigenvalue weighted by Gasteiger charge is -2.51. The van der Waals surface area contributed by atoms with E-state index in [0.717, 1.165) is 12.3 Å². The Kier molecular flexibility index (Phi) is 3.84. The maximum absolute atomic E-state index is 11.9. The molecule has 0 aromatic carbocycles. The second kappa shape index (κ2) is 5.07. The quantitative estimate of drug-likeness (QED) is 0.557. The SMILES string of the molecule is C=C(C)C(=O)OC1(C)C(CC)CC2CCCC1C2. The molecule has 2 aliphatic carbocycles. The van der Waals surface area contributed by atoms with Crippen LogP contribution in [-0.4, -0.2) is 11.6 Å². The van der Waals surface area contributed by atoms with Gasteiger partial charge in [-0.05, 0) is 57.3 Å². The minimum absolute atomic E-state index is 0.208. The molecule has 0 aromatic rings. The molecule has 2 saturated carbocycles. The van der Waals surface area contributed by atoms with Crippen LogP contribution in [0.15, 0.2) is 12.2 Å². The Labute approximate surface area is 111 Å². The molecule has 0 amide bonds. The fourth-order valence-corrected chi connectivity index (χ4v) is 4.02. The van der Waals surface area contributed by atoms with Crippen molar-refractivity contribution in [3.63, 3.8) is 0 Å². The topological polar surface area (TPSA) is 26.3 Å². The predicted molar refractivity (Wildman–Crippen MR) is 73.2 cm³/mol. The van der Waals surface area contributed by atoms with E-state index >= 15 is 0 Å². The summed E-state index contributed by atoms with van der Waals surface area (Å²) in [4.78, 5) is 11.9. The lowest BCUT2D eigenvalue weighted by Crippen LogP contribution is -2.52. The van der Waals surface area contributed by atoms with Gasteiger partial charge in [0.1, 0.15) is 5.60 Å². The molecule has 2 rings (SSSR count). The van der Waals surface area contributed by atoms with Crippen LogP contribution in [0, 0.1) is 17.8 Å². The van der Waals surface area contributed by atoms with E-state index in [1.807, 2.05) is 0 Å². The van der Waals surface area contributed by atoms with Crippen LogP contribution in [0.3, 0.4) is 0 Å². The van der Waals surface area contributed by atoms with Gasteiger partial charge in [-0.25, -0.2) is 4.79 Å². The summed E-state index contributed by atoms with van der Waals surface area (Å²) in [5, 5.41) is 0. The zero-order valence-electron chi connectivity index (χ0n) is 12.0. The number of rotatable bonds is 3. The Morgan fingerprint density at radius 3 is 2.72 bits per heavy atom. The molecule has 0 spiro atoms. The number of carbonyl (C=O) groups is 1. The van der Waals surface area contributed by atoms with Crippen LogP contribution in [0.25, 0.3) is 0 Å². The summed E-state index contributed by atoms with van der Waals surface area (Å²) >= 11 is 0. The van der Waals surface area contributed by atoms with Gasteiger partial charge in [0.2, 0.25) is 0 Å². The average Bonchev–Trinajstić information content (AvgIpc) is 2.34. The smallest absolute Gasteiger partial charge is 0.333 e. The number of ether oxygens (including phenoxy) is 1. The molecule has 2 fully saturated rings. The lowest BCUT2D eigenvalue weighted by molar-refractivity contribution is -0.180. The summed E-state index contributed by atoms with van der Waals surface area (Å²) in [6.07, 6.45) is 7.47. The fraction of sp³-hybridized carbons (Fsp3) is 0.812. The van der Waals surface area contributed by atoms with E-state index in [1.165, 1.54) is 32.1 Å². The highest BCUT2D eigenvalue weighted by atomic mass is 16.6. The van der Waals surface area contributed by atoms with Crippen molar-refractivity contribution in [1.82, 2.24) is 0 Å². The van der Waals surface area contributed by atoms with Crippen molar-refractivity contribution >= 4 is 5.97 Å². The second-order valence-corrected chi connectivity index (χ2v) is 6.42. The van der Waals surface area contributed by atoms with Crippen LogP contribution in [0.2, 0.25) is 0 Å². The summed E-state index contributed by atoms with van der Waals surface area (Å²) in [5.41, 5.74) is 0.255. The normalized spacial score (nSPS) is 39.2. The van der Waals surface area contributed by atoms with Gasteiger partial charge in [-0.1, -0.05) is 26.3 Å². The Hall–Kier alpha value is -0.790. The third-order valence-electron chi connectivity index (χ3n) is 5.18. The van der Waals surface area contributed by atoms with Crippen molar-refractivity contribution in [3.05, 3.63) is 12.2 Å². The third kappa shape index (κ3) is 2.34. The van der Waals surface area contributed by atoms with Gasteiger partial charge < -0.3 is 4.74 Å². The maximum atomic E-state index is 11.9. The molecule has 0 saturated heterocycles. The molecule has 0 radical (unpaired) electrons. The van der Waals surface area contributed by atoms with Crippen LogP contribution in [-0.2, 0) is 9.53 Å². The first-order valence-electron chi connectivity index (χ1n) is 7.36. The molecule has 102 valence electrons. The van der Waals surface area contributed by atoms with Crippen LogP contribution in [0.5, 0.6) is 0 Å². The van der Waals surface area contributed by atoms with Crippen LogP contribution in [0.4, 0.5) is 0 Å². The van der Waals surface area contributed by atoms with Crippen molar-refractivity contribution in [2.75, 3.05) is 0 Å². The summed E-state index contributed by atoms with van der Waals surface area (Å²) in [5.74, 6) is 1.73. The average molecular weight is 250 g/mol. The molecule has 0 heterocycles.